The minimum absolute atomic E-state index is 0.142. The van der Waals surface area contributed by atoms with Crippen LogP contribution in [0.2, 0.25) is 0 Å². The second-order valence-corrected chi connectivity index (χ2v) is 5.02. The summed E-state index contributed by atoms with van der Waals surface area (Å²) in [6.07, 6.45) is 9.16. The highest BCUT2D eigenvalue weighted by Crippen LogP contribution is 2.19. The number of hydrogen-bond donors (Lipinski definition) is 2. The third-order valence-electron chi connectivity index (χ3n) is 3.37. The third-order valence-corrected chi connectivity index (χ3v) is 3.37. The van der Waals surface area contributed by atoms with Crippen LogP contribution in [0.4, 0.5) is 0 Å². The highest BCUT2D eigenvalue weighted by Gasteiger charge is 2.10. The molecule has 2 N–H and O–H groups in total. The summed E-state index contributed by atoms with van der Waals surface area (Å²) >= 11 is 0. The smallest absolute Gasteiger partial charge is 0.335 e. The lowest BCUT2D eigenvalue weighted by Gasteiger charge is -2.07. The average Bonchev–Trinajstić information content (AvgIpc) is 2.37. The zero-order chi connectivity index (χ0) is 14.1. The van der Waals surface area contributed by atoms with E-state index in [9.17, 15) is 9.90 Å². The number of phenolic OH excluding ortho intramolecular Hbond substituents is 1. The van der Waals surface area contributed by atoms with Crippen molar-refractivity contribution in [2.45, 2.75) is 58.3 Å². The molecule has 106 valence electrons. The molecule has 0 atom stereocenters. The standard InChI is InChI=1S/C16H24O3/c1-2-3-4-5-6-7-8-9-13-12-14(17)10-11-15(13)16(18)19/h10-12,17H,2-9H2,1H3,(H,18,19). The molecule has 0 saturated heterocycles. The van der Waals surface area contributed by atoms with Gasteiger partial charge in [-0.05, 0) is 36.6 Å². The van der Waals surface area contributed by atoms with Gasteiger partial charge in [-0.25, -0.2) is 4.79 Å². The van der Waals surface area contributed by atoms with Crippen molar-refractivity contribution in [1.29, 1.82) is 0 Å². The van der Waals surface area contributed by atoms with E-state index in [0.717, 1.165) is 24.8 Å². The van der Waals surface area contributed by atoms with Gasteiger partial charge in [-0.2, -0.15) is 0 Å². The highest BCUT2D eigenvalue weighted by molar-refractivity contribution is 5.89. The Morgan fingerprint density at radius 3 is 2.32 bits per heavy atom. The van der Waals surface area contributed by atoms with E-state index >= 15 is 0 Å². The Hall–Kier alpha value is -1.51. The van der Waals surface area contributed by atoms with Gasteiger partial charge in [-0.15, -0.1) is 0 Å². The number of aromatic carboxylic acids is 1. The summed E-state index contributed by atoms with van der Waals surface area (Å²) in [5.74, 6) is -0.777. The van der Waals surface area contributed by atoms with Crippen molar-refractivity contribution in [3.8, 4) is 5.75 Å². The molecule has 0 aliphatic rings. The molecule has 0 aromatic heterocycles. The van der Waals surface area contributed by atoms with Crippen LogP contribution in [0, 0.1) is 0 Å². The molecule has 0 aliphatic carbocycles. The zero-order valence-corrected chi connectivity index (χ0v) is 11.7. The minimum atomic E-state index is -0.919. The SMILES string of the molecule is CCCCCCCCCc1cc(O)ccc1C(=O)O. The molecule has 0 spiro atoms. The molecule has 0 saturated carbocycles. The summed E-state index contributed by atoms with van der Waals surface area (Å²) in [5, 5.41) is 18.5. The van der Waals surface area contributed by atoms with E-state index in [2.05, 4.69) is 6.92 Å². The van der Waals surface area contributed by atoms with Crippen LogP contribution in [0.15, 0.2) is 18.2 Å². The first kappa shape index (κ1) is 15.5. The number of hydrogen-bond acceptors (Lipinski definition) is 2. The number of carbonyl (C=O) groups is 1. The molecule has 1 aromatic carbocycles. The number of phenols is 1. The molecule has 0 heterocycles. The Kier molecular flexibility index (Phi) is 7.01. The molecule has 3 nitrogen and oxygen atoms in total. The summed E-state index contributed by atoms with van der Waals surface area (Å²) in [4.78, 5) is 11.1. The van der Waals surface area contributed by atoms with Gasteiger partial charge in [0.05, 0.1) is 5.56 Å². The Labute approximate surface area is 115 Å². The van der Waals surface area contributed by atoms with Crippen LogP contribution >= 0.6 is 0 Å². The van der Waals surface area contributed by atoms with Crippen LogP contribution in [0.1, 0.15) is 67.8 Å². The van der Waals surface area contributed by atoms with Gasteiger partial charge >= 0.3 is 5.97 Å². The highest BCUT2D eigenvalue weighted by atomic mass is 16.4. The minimum Gasteiger partial charge on any atom is -0.508 e. The normalized spacial score (nSPS) is 10.6. The van der Waals surface area contributed by atoms with Crippen LogP contribution in [-0.4, -0.2) is 16.2 Å². The molecule has 19 heavy (non-hydrogen) atoms. The Bertz CT molecular complexity index is 399. The van der Waals surface area contributed by atoms with Crippen LogP contribution in [0.5, 0.6) is 5.75 Å². The molecular formula is C16H24O3. The van der Waals surface area contributed by atoms with Gasteiger partial charge in [-0.1, -0.05) is 45.4 Å². The fourth-order valence-electron chi connectivity index (χ4n) is 2.27. The first-order valence-corrected chi connectivity index (χ1v) is 7.20. The predicted molar refractivity (Wildman–Crippen MR) is 76.8 cm³/mol. The quantitative estimate of drug-likeness (QED) is 0.650. The molecule has 1 aromatic rings. The van der Waals surface area contributed by atoms with Gasteiger partial charge < -0.3 is 10.2 Å². The molecule has 0 bridgehead atoms. The second kappa shape index (κ2) is 8.57. The van der Waals surface area contributed by atoms with Crippen molar-refractivity contribution in [2.24, 2.45) is 0 Å². The van der Waals surface area contributed by atoms with E-state index in [1.165, 1.54) is 44.2 Å². The second-order valence-electron chi connectivity index (χ2n) is 5.02. The van der Waals surface area contributed by atoms with E-state index in [1.54, 1.807) is 6.07 Å². The number of aryl methyl sites for hydroxylation is 1. The first-order valence-electron chi connectivity index (χ1n) is 7.20. The molecule has 0 fully saturated rings. The third kappa shape index (κ3) is 5.77. The molecule has 1 rings (SSSR count). The van der Waals surface area contributed by atoms with E-state index in [1.807, 2.05) is 0 Å². The van der Waals surface area contributed by atoms with Gasteiger partial charge in [-0.3, -0.25) is 0 Å². The van der Waals surface area contributed by atoms with Gasteiger partial charge in [0.1, 0.15) is 5.75 Å². The molecule has 0 radical (unpaired) electrons. The summed E-state index contributed by atoms with van der Waals surface area (Å²) in [7, 11) is 0. The van der Waals surface area contributed by atoms with Crippen molar-refractivity contribution < 1.29 is 15.0 Å². The maximum absolute atomic E-state index is 11.1. The van der Waals surface area contributed by atoms with Gasteiger partial charge in [0.2, 0.25) is 0 Å². The van der Waals surface area contributed by atoms with Crippen LogP contribution in [-0.2, 0) is 6.42 Å². The fraction of sp³-hybridized carbons (Fsp3) is 0.562. The Balaban J connectivity index is 2.36. The molecular weight excluding hydrogens is 240 g/mol. The number of unbranched alkanes of at least 4 members (excludes halogenated alkanes) is 6. The maximum atomic E-state index is 11.1. The topological polar surface area (TPSA) is 57.5 Å². The van der Waals surface area contributed by atoms with Crippen molar-refractivity contribution in [3.63, 3.8) is 0 Å². The van der Waals surface area contributed by atoms with Crippen molar-refractivity contribution >= 4 is 5.97 Å². The molecule has 0 amide bonds. The summed E-state index contributed by atoms with van der Waals surface area (Å²) in [5.41, 5.74) is 1.05. The lowest BCUT2D eigenvalue weighted by atomic mass is 10.00. The monoisotopic (exact) mass is 264 g/mol. The van der Waals surface area contributed by atoms with Gasteiger partial charge in [0, 0.05) is 0 Å². The lowest BCUT2D eigenvalue weighted by molar-refractivity contribution is 0.0695. The number of benzene rings is 1. The number of carboxylic acids is 1. The van der Waals surface area contributed by atoms with Gasteiger partial charge in [0.25, 0.3) is 0 Å². The number of aromatic hydroxyl groups is 1. The predicted octanol–water partition coefficient (Wildman–Crippen LogP) is 4.38. The van der Waals surface area contributed by atoms with E-state index in [4.69, 9.17) is 5.11 Å². The zero-order valence-electron chi connectivity index (χ0n) is 11.7. The average molecular weight is 264 g/mol. The van der Waals surface area contributed by atoms with Crippen LogP contribution in [0.3, 0.4) is 0 Å². The van der Waals surface area contributed by atoms with E-state index in [0.29, 0.717) is 5.56 Å². The summed E-state index contributed by atoms with van der Waals surface area (Å²) < 4.78 is 0. The largest absolute Gasteiger partial charge is 0.508 e. The van der Waals surface area contributed by atoms with Crippen molar-refractivity contribution in [3.05, 3.63) is 29.3 Å². The van der Waals surface area contributed by atoms with Crippen molar-refractivity contribution in [1.82, 2.24) is 0 Å². The van der Waals surface area contributed by atoms with E-state index in [-0.39, 0.29) is 5.75 Å². The van der Waals surface area contributed by atoms with Crippen LogP contribution < -0.4 is 0 Å². The molecule has 0 aliphatic heterocycles. The van der Waals surface area contributed by atoms with Crippen molar-refractivity contribution in [2.75, 3.05) is 0 Å². The van der Waals surface area contributed by atoms with Gasteiger partial charge in [0.15, 0.2) is 0 Å². The van der Waals surface area contributed by atoms with Crippen LogP contribution in [0.25, 0.3) is 0 Å². The summed E-state index contributed by atoms with van der Waals surface area (Å²) in [6, 6.07) is 4.48. The Morgan fingerprint density at radius 1 is 1.05 bits per heavy atom. The Morgan fingerprint density at radius 2 is 1.68 bits per heavy atom. The van der Waals surface area contributed by atoms with E-state index < -0.39 is 5.97 Å². The lowest BCUT2D eigenvalue weighted by Crippen LogP contribution is -2.02. The molecule has 0 unspecified atom stereocenters. The maximum Gasteiger partial charge on any atom is 0.335 e. The first-order chi connectivity index (χ1) is 9.15. The number of carboxylic acid groups (broad SMARTS) is 1. The fourth-order valence-corrected chi connectivity index (χ4v) is 2.27. The number of rotatable bonds is 9. The molecule has 3 heteroatoms. The summed E-state index contributed by atoms with van der Waals surface area (Å²) in [6.45, 7) is 2.20.